The highest BCUT2D eigenvalue weighted by molar-refractivity contribution is 6.30. The van der Waals surface area contributed by atoms with E-state index < -0.39 is 10.9 Å². The Labute approximate surface area is 172 Å². The third-order valence-electron chi connectivity index (χ3n) is 4.47. The second-order valence-corrected chi connectivity index (χ2v) is 6.95. The summed E-state index contributed by atoms with van der Waals surface area (Å²) in [6, 6.07) is 9.98. The second-order valence-electron chi connectivity index (χ2n) is 6.51. The van der Waals surface area contributed by atoms with Crippen LogP contribution in [-0.2, 0) is 9.53 Å². The van der Waals surface area contributed by atoms with E-state index in [1.54, 1.807) is 4.90 Å². The highest BCUT2D eigenvalue weighted by Crippen LogP contribution is 2.33. The molecule has 0 saturated carbocycles. The van der Waals surface area contributed by atoms with E-state index in [0.29, 0.717) is 18.8 Å². The molecule has 0 spiro atoms. The van der Waals surface area contributed by atoms with Gasteiger partial charge in [0.15, 0.2) is 6.61 Å². The molecule has 1 heterocycles. The first-order chi connectivity index (χ1) is 13.9. The number of benzene rings is 2. The van der Waals surface area contributed by atoms with E-state index in [1.807, 2.05) is 0 Å². The molecule has 0 bridgehead atoms. The fourth-order valence-corrected chi connectivity index (χ4v) is 3.12. The van der Waals surface area contributed by atoms with Gasteiger partial charge in [0.05, 0.1) is 10.5 Å². The minimum atomic E-state index is -0.626. The topological polar surface area (TPSA) is 99.0 Å². The lowest BCUT2D eigenvalue weighted by Crippen LogP contribution is -2.38. The SMILES string of the molecule is O=C(OCC(=O)N1CCCCC1)c1ccc(Oc2ccc(Cl)cc2[N+](=O)[O-])cc1. The summed E-state index contributed by atoms with van der Waals surface area (Å²) < 4.78 is 10.6. The van der Waals surface area contributed by atoms with Gasteiger partial charge in [-0.05, 0) is 55.7 Å². The summed E-state index contributed by atoms with van der Waals surface area (Å²) >= 11 is 5.78. The van der Waals surface area contributed by atoms with Gasteiger partial charge in [-0.2, -0.15) is 0 Å². The molecule has 0 atom stereocenters. The predicted molar refractivity (Wildman–Crippen MR) is 105 cm³/mol. The standard InChI is InChI=1S/C20H19ClN2O6/c21-15-6-9-18(17(12-15)23(26)27)29-16-7-4-14(5-8-16)20(25)28-13-19(24)22-10-2-1-3-11-22/h4-9,12H,1-3,10-11,13H2. The van der Waals surface area contributed by atoms with Crippen molar-refractivity contribution in [2.24, 2.45) is 0 Å². The van der Waals surface area contributed by atoms with Crippen molar-refractivity contribution < 1.29 is 24.0 Å². The number of rotatable bonds is 6. The first-order valence-electron chi connectivity index (χ1n) is 9.11. The molecule has 0 unspecified atom stereocenters. The van der Waals surface area contributed by atoms with E-state index in [9.17, 15) is 19.7 Å². The molecule has 1 fully saturated rings. The maximum atomic E-state index is 12.1. The van der Waals surface area contributed by atoms with Gasteiger partial charge in [0.1, 0.15) is 5.75 Å². The van der Waals surface area contributed by atoms with Crippen LogP contribution in [0.1, 0.15) is 29.6 Å². The Morgan fingerprint density at radius 1 is 1.07 bits per heavy atom. The molecule has 0 aromatic heterocycles. The van der Waals surface area contributed by atoms with Crippen molar-refractivity contribution in [1.82, 2.24) is 4.90 Å². The number of carbonyl (C=O) groups is 2. The van der Waals surface area contributed by atoms with Crippen LogP contribution in [0.15, 0.2) is 42.5 Å². The molecule has 2 aromatic rings. The lowest BCUT2D eigenvalue weighted by atomic mass is 10.1. The van der Waals surface area contributed by atoms with Gasteiger partial charge in [-0.15, -0.1) is 0 Å². The number of nitro groups is 1. The van der Waals surface area contributed by atoms with Crippen molar-refractivity contribution in [2.45, 2.75) is 19.3 Å². The first-order valence-corrected chi connectivity index (χ1v) is 9.48. The lowest BCUT2D eigenvalue weighted by Gasteiger charge is -2.26. The molecule has 9 heteroatoms. The number of carbonyl (C=O) groups excluding carboxylic acids is 2. The highest BCUT2D eigenvalue weighted by atomic mass is 35.5. The lowest BCUT2D eigenvalue weighted by molar-refractivity contribution is -0.385. The fourth-order valence-electron chi connectivity index (χ4n) is 2.95. The Hall–Kier alpha value is -3.13. The number of nitro benzene ring substituents is 1. The summed E-state index contributed by atoms with van der Waals surface area (Å²) in [7, 11) is 0. The second kappa shape index (κ2) is 9.38. The third-order valence-corrected chi connectivity index (χ3v) is 4.71. The molecule has 0 N–H and O–H groups in total. The summed E-state index contributed by atoms with van der Waals surface area (Å²) in [6.07, 6.45) is 3.04. The van der Waals surface area contributed by atoms with Gasteiger partial charge >= 0.3 is 11.7 Å². The van der Waals surface area contributed by atoms with Crippen LogP contribution in [-0.4, -0.2) is 41.4 Å². The predicted octanol–water partition coefficient (Wildman–Crippen LogP) is 4.21. The summed E-state index contributed by atoms with van der Waals surface area (Å²) in [5.41, 5.74) is -0.0217. The number of esters is 1. The minimum absolute atomic E-state index is 0.0295. The van der Waals surface area contributed by atoms with E-state index in [4.69, 9.17) is 21.1 Å². The van der Waals surface area contributed by atoms with Gasteiger partial charge in [-0.1, -0.05) is 11.6 Å². The number of nitrogens with zero attached hydrogens (tertiary/aromatic N) is 2. The van der Waals surface area contributed by atoms with Crippen molar-refractivity contribution in [3.8, 4) is 11.5 Å². The van der Waals surface area contributed by atoms with Crippen molar-refractivity contribution in [1.29, 1.82) is 0 Å². The Bertz CT molecular complexity index is 910. The summed E-state index contributed by atoms with van der Waals surface area (Å²) in [5, 5.41) is 11.3. The van der Waals surface area contributed by atoms with Crippen LogP contribution in [0.25, 0.3) is 0 Å². The summed E-state index contributed by atoms with van der Waals surface area (Å²) in [5.74, 6) is -0.495. The first kappa shape index (κ1) is 20.6. The molecular formula is C20H19ClN2O6. The number of piperidine rings is 1. The van der Waals surface area contributed by atoms with Crippen LogP contribution >= 0.6 is 11.6 Å². The number of likely N-dealkylation sites (tertiary alicyclic amines) is 1. The Kier molecular flexibility index (Phi) is 6.66. The molecule has 1 aliphatic heterocycles. The van der Waals surface area contributed by atoms with Gasteiger partial charge in [-0.3, -0.25) is 14.9 Å². The number of hydrogen-bond donors (Lipinski definition) is 0. The number of halogens is 1. The molecule has 1 aliphatic rings. The number of amides is 1. The maximum Gasteiger partial charge on any atom is 0.338 e. The molecule has 1 amide bonds. The molecule has 152 valence electrons. The zero-order valence-corrected chi connectivity index (χ0v) is 16.3. The number of ether oxygens (including phenoxy) is 2. The minimum Gasteiger partial charge on any atom is -0.452 e. The quantitative estimate of drug-likeness (QED) is 0.396. The number of hydrogen-bond acceptors (Lipinski definition) is 6. The highest BCUT2D eigenvalue weighted by Gasteiger charge is 2.19. The van der Waals surface area contributed by atoms with Gasteiger partial charge in [-0.25, -0.2) is 4.79 Å². The molecule has 8 nitrogen and oxygen atoms in total. The normalized spacial score (nSPS) is 13.6. The van der Waals surface area contributed by atoms with E-state index >= 15 is 0 Å². The average molecular weight is 419 g/mol. The summed E-state index contributed by atoms with van der Waals surface area (Å²) in [4.78, 5) is 36.4. The van der Waals surface area contributed by atoms with Gasteiger partial charge in [0.25, 0.3) is 5.91 Å². The van der Waals surface area contributed by atoms with Gasteiger partial charge in [0.2, 0.25) is 5.75 Å². The largest absolute Gasteiger partial charge is 0.452 e. The van der Waals surface area contributed by atoms with E-state index in [1.165, 1.54) is 42.5 Å². The Morgan fingerprint density at radius 2 is 1.76 bits per heavy atom. The Morgan fingerprint density at radius 3 is 2.41 bits per heavy atom. The van der Waals surface area contributed by atoms with Crippen LogP contribution in [0, 0.1) is 10.1 Å². The van der Waals surface area contributed by atoms with E-state index in [-0.39, 0.29) is 34.5 Å². The average Bonchev–Trinajstić information content (AvgIpc) is 2.74. The monoisotopic (exact) mass is 418 g/mol. The van der Waals surface area contributed by atoms with Crippen molar-refractivity contribution in [2.75, 3.05) is 19.7 Å². The third kappa shape index (κ3) is 5.45. The van der Waals surface area contributed by atoms with Gasteiger partial charge < -0.3 is 14.4 Å². The molecule has 2 aromatic carbocycles. The van der Waals surface area contributed by atoms with Crippen LogP contribution < -0.4 is 4.74 Å². The zero-order chi connectivity index (χ0) is 20.8. The zero-order valence-electron chi connectivity index (χ0n) is 15.5. The smallest absolute Gasteiger partial charge is 0.338 e. The van der Waals surface area contributed by atoms with Gasteiger partial charge in [0, 0.05) is 24.2 Å². The molecule has 0 aliphatic carbocycles. The molecular weight excluding hydrogens is 400 g/mol. The fraction of sp³-hybridized carbons (Fsp3) is 0.300. The van der Waals surface area contributed by atoms with Crippen LogP contribution in [0.4, 0.5) is 5.69 Å². The maximum absolute atomic E-state index is 12.1. The summed E-state index contributed by atoms with van der Waals surface area (Å²) in [6.45, 7) is 1.09. The molecule has 0 radical (unpaired) electrons. The van der Waals surface area contributed by atoms with E-state index in [2.05, 4.69) is 0 Å². The van der Waals surface area contributed by atoms with Crippen molar-refractivity contribution in [3.05, 3.63) is 63.2 Å². The van der Waals surface area contributed by atoms with Crippen molar-refractivity contribution in [3.63, 3.8) is 0 Å². The molecule has 29 heavy (non-hydrogen) atoms. The Balaban J connectivity index is 1.59. The van der Waals surface area contributed by atoms with E-state index in [0.717, 1.165) is 19.3 Å². The van der Waals surface area contributed by atoms with Crippen molar-refractivity contribution >= 4 is 29.2 Å². The molecule has 3 rings (SSSR count). The van der Waals surface area contributed by atoms with Crippen LogP contribution in [0.3, 0.4) is 0 Å². The van der Waals surface area contributed by atoms with Crippen LogP contribution in [0.2, 0.25) is 5.02 Å². The molecule has 1 saturated heterocycles. The van der Waals surface area contributed by atoms with Crippen LogP contribution in [0.5, 0.6) is 11.5 Å².